The number of hydrogen-bond acceptors (Lipinski definition) is 3. The van der Waals surface area contributed by atoms with Crippen molar-refractivity contribution in [2.45, 2.75) is 89.8 Å². The van der Waals surface area contributed by atoms with Crippen molar-refractivity contribution in [3.05, 3.63) is 12.7 Å². The summed E-state index contributed by atoms with van der Waals surface area (Å²) in [6, 6.07) is 0. The molecule has 1 heterocycles. The van der Waals surface area contributed by atoms with Crippen molar-refractivity contribution in [2.75, 3.05) is 0 Å². The number of hydrogen-bond donors (Lipinski definition) is 1. The fourth-order valence-electron chi connectivity index (χ4n) is 2.76. The quantitative estimate of drug-likeness (QED) is 0.538. The molecule has 0 radical (unpaired) electrons. The van der Waals surface area contributed by atoms with Gasteiger partial charge in [0.05, 0.1) is 18.3 Å². The first-order chi connectivity index (χ1) is 8.96. The van der Waals surface area contributed by atoms with Gasteiger partial charge in [0.15, 0.2) is 5.79 Å². The number of aliphatic hydroxyl groups is 1. The summed E-state index contributed by atoms with van der Waals surface area (Å²) in [6.45, 7) is 9.80. The lowest BCUT2D eigenvalue weighted by atomic mass is 9.98. The molecule has 1 rings (SSSR count). The standard InChI is InChI=1S/C16H30O3/c1-5-7-8-10-14-12-15(11-13(17)9-6-2)19-16(3,4)18-14/h6,13-15,17H,2,5,7-12H2,1,3-4H3/t13-,14+,15-/m0/s1. The smallest absolute Gasteiger partial charge is 0.163 e. The number of aliphatic hydroxyl groups excluding tert-OH is 1. The summed E-state index contributed by atoms with van der Waals surface area (Å²) >= 11 is 0. The summed E-state index contributed by atoms with van der Waals surface area (Å²) in [6.07, 6.45) is 8.72. The van der Waals surface area contributed by atoms with Crippen LogP contribution in [-0.4, -0.2) is 29.2 Å². The summed E-state index contributed by atoms with van der Waals surface area (Å²) in [5.41, 5.74) is 0. The zero-order chi connectivity index (χ0) is 14.3. The van der Waals surface area contributed by atoms with Crippen LogP contribution in [0.2, 0.25) is 0 Å². The van der Waals surface area contributed by atoms with Gasteiger partial charge in [-0.3, -0.25) is 0 Å². The monoisotopic (exact) mass is 270 g/mol. The highest BCUT2D eigenvalue weighted by atomic mass is 16.7. The molecule has 3 atom stereocenters. The molecule has 0 spiro atoms. The van der Waals surface area contributed by atoms with E-state index in [9.17, 15) is 5.11 Å². The van der Waals surface area contributed by atoms with Gasteiger partial charge in [0, 0.05) is 12.8 Å². The minimum atomic E-state index is -0.534. The van der Waals surface area contributed by atoms with Gasteiger partial charge in [0.2, 0.25) is 0 Å². The summed E-state index contributed by atoms with van der Waals surface area (Å²) in [5, 5.41) is 9.88. The lowest BCUT2D eigenvalue weighted by molar-refractivity contribution is -0.303. The first-order valence-electron chi connectivity index (χ1n) is 7.61. The number of ether oxygens (including phenoxy) is 2. The van der Waals surface area contributed by atoms with E-state index in [0.717, 1.165) is 12.8 Å². The van der Waals surface area contributed by atoms with Gasteiger partial charge in [-0.2, -0.15) is 0 Å². The molecule has 3 heteroatoms. The van der Waals surface area contributed by atoms with Crippen molar-refractivity contribution >= 4 is 0 Å². The third kappa shape index (κ3) is 6.55. The van der Waals surface area contributed by atoms with E-state index in [2.05, 4.69) is 13.5 Å². The van der Waals surface area contributed by atoms with E-state index in [0.29, 0.717) is 12.8 Å². The second-order valence-electron chi connectivity index (χ2n) is 6.02. The van der Waals surface area contributed by atoms with Gasteiger partial charge < -0.3 is 14.6 Å². The van der Waals surface area contributed by atoms with Gasteiger partial charge in [0.1, 0.15) is 0 Å². The molecular weight excluding hydrogens is 240 g/mol. The van der Waals surface area contributed by atoms with E-state index in [4.69, 9.17) is 9.47 Å². The highest BCUT2D eigenvalue weighted by Gasteiger charge is 2.35. The lowest BCUT2D eigenvalue weighted by Crippen LogP contribution is -2.45. The first kappa shape index (κ1) is 16.7. The molecule has 3 nitrogen and oxygen atoms in total. The molecule has 0 unspecified atom stereocenters. The Balaban J connectivity index is 2.45. The molecule has 1 aliphatic heterocycles. The molecule has 112 valence electrons. The van der Waals surface area contributed by atoms with Crippen LogP contribution < -0.4 is 0 Å². The average molecular weight is 270 g/mol. The molecule has 0 aliphatic carbocycles. The number of unbranched alkanes of at least 4 members (excludes halogenated alkanes) is 2. The van der Waals surface area contributed by atoms with Crippen LogP contribution in [0.1, 0.15) is 65.7 Å². The zero-order valence-corrected chi connectivity index (χ0v) is 12.7. The van der Waals surface area contributed by atoms with Crippen molar-refractivity contribution < 1.29 is 14.6 Å². The average Bonchev–Trinajstić information content (AvgIpc) is 2.27. The molecular formula is C16H30O3. The van der Waals surface area contributed by atoms with Crippen LogP contribution >= 0.6 is 0 Å². The van der Waals surface area contributed by atoms with Crippen molar-refractivity contribution in [1.29, 1.82) is 0 Å². The van der Waals surface area contributed by atoms with Crippen LogP contribution in [0.4, 0.5) is 0 Å². The van der Waals surface area contributed by atoms with Crippen molar-refractivity contribution in [3.8, 4) is 0 Å². The molecule has 19 heavy (non-hydrogen) atoms. The van der Waals surface area contributed by atoms with Crippen LogP contribution in [0.3, 0.4) is 0 Å². The van der Waals surface area contributed by atoms with Crippen LogP contribution in [-0.2, 0) is 9.47 Å². The molecule has 1 aliphatic rings. The van der Waals surface area contributed by atoms with E-state index in [1.807, 2.05) is 13.8 Å². The fourth-order valence-corrected chi connectivity index (χ4v) is 2.76. The predicted octanol–water partition coefficient (Wildman–Crippen LogP) is 3.80. The van der Waals surface area contributed by atoms with Gasteiger partial charge in [-0.15, -0.1) is 6.58 Å². The second kappa shape index (κ2) is 8.03. The summed E-state index contributed by atoms with van der Waals surface area (Å²) in [7, 11) is 0. The van der Waals surface area contributed by atoms with Crippen molar-refractivity contribution in [2.24, 2.45) is 0 Å². The zero-order valence-electron chi connectivity index (χ0n) is 12.7. The molecule has 0 bridgehead atoms. The third-order valence-electron chi connectivity index (χ3n) is 3.53. The van der Waals surface area contributed by atoms with Crippen molar-refractivity contribution in [3.63, 3.8) is 0 Å². The molecule has 1 fully saturated rings. The van der Waals surface area contributed by atoms with Crippen LogP contribution in [0, 0.1) is 0 Å². The highest BCUT2D eigenvalue weighted by Crippen LogP contribution is 2.31. The Morgan fingerprint density at radius 1 is 1.32 bits per heavy atom. The maximum Gasteiger partial charge on any atom is 0.163 e. The van der Waals surface area contributed by atoms with Gasteiger partial charge in [0.25, 0.3) is 0 Å². The molecule has 0 amide bonds. The molecule has 0 aromatic rings. The fraction of sp³-hybridized carbons (Fsp3) is 0.875. The Bertz CT molecular complexity index is 263. The van der Waals surface area contributed by atoms with E-state index in [-0.39, 0.29) is 18.3 Å². The molecule has 1 saturated heterocycles. The summed E-state index contributed by atoms with van der Waals surface area (Å²) < 4.78 is 11.9. The Morgan fingerprint density at radius 3 is 2.63 bits per heavy atom. The van der Waals surface area contributed by atoms with Gasteiger partial charge in [-0.05, 0) is 26.7 Å². The SMILES string of the molecule is C=CC[C@H](O)C[C@H]1C[C@@H](CCCCC)OC(C)(C)O1. The molecule has 0 aromatic heterocycles. The Morgan fingerprint density at radius 2 is 2.00 bits per heavy atom. The van der Waals surface area contributed by atoms with Crippen LogP contribution in [0.25, 0.3) is 0 Å². The minimum Gasteiger partial charge on any atom is -0.393 e. The van der Waals surface area contributed by atoms with Crippen LogP contribution in [0.5, 0.6) is 0 Å². The Labute approximate surface area is 118 Å². The van der Waals surface area contributed by atoms with E-state index >= 15 is 0 Å². The molecule has 0 saturated carbocycles. The maximum atomic E-state index is 9.88. The molecule has 1 N–H and O–H groups in total. The largest absolute Gasteiger partial charge is 0.393 e. The third-order valence-corrected chi connectivity index (χ3v) is 3.53. The Kier molecular flexibility index (Phi) is 7.05. The topological polar surface area (TPSA) is 38.7 Å². The maximum absolute atomic E-state index is 9.88. The molecule has 0 aromatic carbocycles. The van der Waals surface area contributed by atoms with Crippen LogP contribution in [0.15, 0.2) is 12.7 Å². The lowest BCUT2D eigenvalue weighted by Gasteiger charge is -2.41. The van der Waals surface area contributed by atoms with Gasteiger partial charge in [-0.25, -0.2) is 0 Å². The normalized spacial score (nSPS) is 28.0. The van der Waals surface area contributed by atoms with Gasteiger partial charge >= 0.3 is 0 Å². The predicted molar refractivity (Wildman–Crippen MR) is 78.0 cm³/mol. The second-order valence-corrected chi connectivity index (χ2v) is 6.02. The summed E-state index contributed by atoms with van der Waals surface area (Å²) in [5.74, 6) is -0.534. The summed E-state index contributed by atoms with van der Waals surface area (Å²) in [4.78, 5) is 0. The highest BCUT2D eigenvalue weighted by molar-refractivity contribution is 4.81. The van der Waals surface area contributed by atoms with E-state index < -0.39 is 5.79 Å². The van der Waals surface area contributed by atoms with E-state index in [1.165, 1.54) is 19.3 Å². The Hall–Kier alpha value is -0.380. The minimum absolute atomic E-state index is 0.0883. The number of rotatable bonds is 8. The van der Waals surface area contributed by atoms with Gasteiger partial charge in [-0.1, -0.05) is 32.3 Å². The van der Waals surface area contributed by atoms with Crippen molar-refractivity contribution in [1.82, 2.24) is 0 Å². The first-order valence-corrected chi connectivity index (χ1v) is 7.61. The van der Waals surface area contributed by atoms with E-state index in [1.54, 1.807) is 6.08 Å².